The molecule has 2 aromatic carbocycles. The smallest absolute Gasteiger partial charge is 0.178 e. The Kier molecular flexibility index (Phi) is 8.46. The maximum absolute atomic E-state index is 12.7. The molecular formula is C18H17Cl2N5OS4. The van der Waals surface area contributed by atoms with Crippen LogP contribution in [0.2, 0.25) is 10.0 Å². The van der Waals surface area contributed by atoms with Crippen LogP contribution in [0.5, 0.6) is 0 Å². The average molecular weight is 519 g/mol. The monoisotopic (exact) mass is 517 g/mol. The van der Waals surface area contributed by atoms with Gasteiger partial charge in [-0.3, -0.25) is 9.63 Å². The summed E-state index contributed by atoms with van der Waals surface area (Å²) >= 11 is 20.3. The molecular weight excluding hydrogens is 501 g/mol. The lowest BCUT2D eigenvalue weighted by molar-refractivity contribution is 0.533. The van der Waals surface area contributed by atoms with E-state index in [0.29, 0.717) is 19.4 Å². The molecule has 1 heterocycles. The van der Waals surface area contributed by atoms with E-state index in [0.717, 1.165) is 11.1 Å². The quantitative estimate of drug-likeness (QED) is 0.230. The average Bonchev–Trinajstić information content (AvgIpc) is 3.17. The molecule has 3 atom stereocenters. The first kappa shape index (κ1) is 23.4. The van der Waals surface area contributed by atoms with Crippen LogP contribution in [-0.4, -0.2) is 30.4 Å². The first-order valence-corrected chi connectivity index (χ1v) is 13.0. The van der Waals surface area contributed by atoms with E-state index >= 15 is 0 Å². The number of hydrazine groups is 1. The highest BCUT2D eigenvalue weighted by Crippen LogP contribution is 2.40. The summed E-state index contributed by atoms with van der Waals surface area (Å²) in [6, 6.07) is 14.3. The van der Waals surface area contributed by atoms with Gasteiger partial charge in [0.25, 0.3) is 0 Å². The molecule has 3 aromatic rings. The van der Waals surface area contributed by atoms with Gasteiger partial charge in [-0.2, -0.15) is 0 Å². The van der Waals surface area contributed by atoms with Crippen LogP contribution in [0.4, 0.5) is 0 Å². The molecule has 1 unspecified atom stereocenters. The lowest BCUT2D eigenvalue weighted by Crippen LogP contribution is -2.46. The molecule has 1 aromatic heterocycles. The number of thiocarbonyl (C=S) groups is 1. The van der Waals surface area contributed by atoms with Crippen molar-refractivity contribution in [1.82, 2.24) is 21.0 Å². The van der Waals surface area contributed by atoms with Crippen LogP contribution in [0.1, 0.15) is 11.6 Å². The number of nitrogens with zero attached hydrogens (tertiary/aromatic N) is 2. The molecule has 0 bridgehead atoms. The molecule has 158 valence electrons. The fourth-order valence-electron chi connectivity index (χ4n) is 2.60. The molecule has 0 saturated heterocycles. The maximum Gasteiger partial charge on any atom is 0.178 e. The number of thioether (sulfide) groups is 1. The second-order valence-corrected chi connectivity index (χ2v) is 11.4. The fourth-order valence-corrected chi connectivity index (χ4v) is 6.78. The van der Waals surface area contributed by atoms with E-state index in [4.69, 9.17) is 41.2 Å². The number of hydrogen-bond acceptors (Lipinski definition) is 7. The van der Waals surface area contributed by atoms with Gasteiger partial charge in [-0.1, -0.05) is 82.7 Å². The molecule has 0 amide bonds. The van der Waals surface area contributed by atoms with Crippen molar-refractivity contribution >= 4 is 74.4 Å². The third-order valence-corrected chi connectivity index (χ3v) is 8.80. The third-order valence-electron chi connectivity index (χ3n) is 3.92. The Morgan fingerprint density at radius 2 is 1.83 bits per heavy atom. The van der Waals surface area contributed by atoms with E-state index in [9.17, 15) is 4.21 Å². The first-order valence-electron chi connectivity index (χ1n) is 8.49. The Balaban J connectivity index is 1.91. The summed E-state index contributed by atoms with van der Waals surface area (Å²) in [4.78, 5) is 0. The van der Waals surface area contributed by atoms with Crippen molar-refractivity contribution in [2.24, 2.45) is 5.73 Å². The molecule has 0 aliphatic rings. The van der Waals surface area contributed by atoms with E-state index in [1.165, 1.54) is 23.1 Å². The van der Waals surface area contributed by atoms with Gasteiger partial charge in [0, 0.05) is 27.6 Å². The summed E-state index contributed by atoms with van der Waals surface area (Å²) in [6.07, 6.45) is 1.62. The molecule has 4 N–H and O–H groups in total. The Bertz CT molecular complexity index is 1060. The normalized spacial score (nSPS) is 14.1. The fraction of sp³-hybridized carbons (Fsp3) is 0.167. The van der Waals surface area contributed by atoms with Crippen molar-refractivity contribution < 1.29 is 4.21 Å². The second-order valence-electron chi connectivity index (χ2n) is 5.97. The second kappa shape index (κ2) is 10.9. The zero-order valence-corrected chi connectivity index (χ0v) is 20.3. The third kappa shape index (κ3) is 5.91. The molecule has 0 saturated carbocycles. The van der Waals surface area contributed by atoms with Gasteiger partial charge in [-0.05, 0) is 29.9 Å². The maximum atomic E-state index is 12.7. The van der Waals surface area contributed by atoms with Gasteiger partial charge in [0.1, 0.15) is 9.59 Å². The summed E-state index contributed by atoms with van der Waals surface area (Å²) < 4.78 is 12.9. The number of hydrogen-bond donors (Lipinski definition) is 3. The van der Waals surface area contributed by atoms with Gasteiger partial charge in [-0.25, -0.2) is 5.43 Å². The summed E-state index contributed by atoms with van der Waals surface area (Å²) in [7, 11) is -1.27. The highest BCUT2D eigenvalue weighted by atomic mass is 35.5. The van der Waals surface area contributed by atoms with E-state index < -0.39 is 21.4 Å². The molecule has 0 aliphatic heterocycles. The highest BCUT2D eigenvalue weighted by molar-refractivity contribution is 8.12. The van der Waals surface area contributed by atoms with Crippen molar-refractivity contribution in [3.05, 3.63) is 64.1 Å². The predicted molar refractivity (Wildman–Crippen MR) is 131 cm³/mol. The summed E-state index contributed by atoms with van der Waals surface area (Å²) in [5.74, 6) is 0. The Hall–Kier alpha value is -1.27. The molecule has 3 rings (SSSR count). The van der Waals surface area contributed by atoms with Gasteiger partial charge >= 0.3 is 0 Å². The Labute approximate surface area is 200 Å². The van der Waals surface area contributed by atoms with Crippen LogP contribution in [0.15, 0.2) is 52.9 Å². The minimum absolute atomic E-state index is 0.0645. The standard InChI is InChI=1S/C18H17Cl2N5OS4/c1-30(26)16(14(22-24-17(21)27)10-6-2-4-8-12(10)19)29-18-25-23-15(28-18)11-7-3-5-9-13(11)20/h2-9,14,16,22H,1H3,(H3,21,24,27)/t14-,16-,30?/m0/s1. The van der Waals surface area contributed by atoms with E-state index in [1.54, 1.807) is 18.4 Å². The molecule has 0 aliphatic carbocycles. The van der Waals surface area contributed by atoms with E-state index in [-0.39, 0.29) is 5.11 Å². The number of benzene rings is 2. The molecule has 12 heteroatoms. The predicted octanol–water partition coefficient (Wildman–Crippen LogP) is 4.39. The van der Waals surface area contributed by atoms with Crippen LogP contribution >= 0.6 is 58.5 Å². The van der Waals surface area contributed by atoms with Crippen molar-refractivity contribution in [2.45, 2.75) is 15.0 Å². The minimum atomic E-state index is -1.27. The zero-order valence-electron chi connectivity index (χ0n) is 15.5. The van der Waals surface area contributed by atoms with Crippen molar-refractivity contribution in [3.63, 3.8) is 0 Å². The molecule has 0 spiro atoms. The van der Waals surface area contributed by atoms with Crippen LogP contribution in [0.3, 0.4) is 0 Å². The van der Waals surface area contributed by atoms with Crippen LogP contribution in [0.25, 0.3) is 10.6 Å². The van der Waals surface area contributed by atoms with Crippen molar-refractivity contribution in [3.8, 4) is 10.6 Å². The van der Waals surface area contributed by atoms with Gasteiger partial charge in [0.05, 0.1) is 11.1 Å². The number of aromatic nitrogens is 2. The minimum Gasteiger partial charge on any atom is -0.375 e. The number of nitrogens with one attached hydrogen (secondary N) is 2. The van der Waals surface area contributed by atoms with Gasteiger partial charge in [0.2, 0.25) is 0 Å². The van der Waals surface area contributed by atoms with E-state index in [1.807, 2.05) is 36.4 Å². The van der Waals surface area contributed by atoms with Gasteiger partial charge in [0.15, 0.2) is 9.45 Å². The lowest BCUT2D eigenvalue weighted by Gasteiger charge is -2.26. The summed E-state index contributed by atoms with van der Waals surface area (Å²) in [6.45, 7) is 0. The number of halogens is 2. The van der Waals surface area contributed by atoms with Crippen LogP contribution < -0.4 is 16.6 Å². The summed E-state index contributed by atoms with van der Waals surface area (Å²) in [5, 5.41) is 10.4. The number of rotatable bonds is 8. The molecule has 0 radical (unpaired) electrons. The van der Waals surface area contributed by atoms with Crippen LogP contribution in [-0.2, 0) is 10.8 Å². The van der Waals surface area contributed by atoms with Crippen LogP contribution in [0, 0.1) is 0 Å². The topological polar surface area (TPSA) is 92.9 Å². The molecule has 6 nitrogen and oxygen atoms in total. The Morgan fingerprint density at radius 1 is 1.17 bits per heavy atom. The highest BCUT2D eigenvalue weighted by Gasteiger charge is 2.30. The van der Waals surface area contributed by atoms with Gasteiger partial charge in [-0.15, -0.1) is 10.2 Å². The first-order chi connectivity index (χ1) is 14.4. The van der Waals surface area contributed by atoms with Crippen molar-refractivity contribution in [1.29, 1.82) is 0 Å². The number of nitrogens with two attached hydrogens (primary N) is 1. The summed E-state index contributed by atoms with van der Waals surface area (Å²) in [5.41, 5.74) is 12.9. The Morgan fingerprint density at radius 3 is 2.47 bits per heavy atom. The lowest BCUT2D eigenvalue weighted by atomic mass is 10.1. The largest absolute Gasteiger partial charge is 0.375 e. The zero-order chi connectivity index (χ0) is 21.7. The van der Waals surface area contributed by atoms with E-state index in [2.05, 4.69) is 21.0 Å². The van der Waals surface area contributed by atoms with Gasteiger partial charge < -0.3 is 5.73 Å². The molecule has 30 heavy (non-hydrogen) atoms. The van der Waals surface area contributed by atoms with Crippen molar-refractivity contribution in [2.75, 3.05) is 6.26 Å². The SMILES string of the molecule is CS(=O)[C@H](Sc1nnc(-c2ccccc2Cl)s1)[C@@H](NNC(N)=S)c1ccccc1Cl. The molecule has 0 fully saturated rings.